The fourth-order valence-corrected chi connectivity index (χ4v) is 1.65. The van der Waals surface area contributed by atoms with Crippen molar-refractivity contribution in [1.29, 1.82) is 0 Å². The maximum absolute atomic E-state index is 11.1. The predicted molar refractivity (Wildman–Crippen MR) is 65.5 cm³/mol. The van der Waals surface area contributed by atoms with Gasteiger partial charge in [0.25, 0.3) is 0 Å². The van der Waals surface area contributed by atoms with Crippen LogP contribution in [0.3, 0.4) is 0 Å². The van der Waals surface area contributed by atoms with Crippen molar-refractivity contribution >= 4 is 17.4 Å². The zero-order chi connectivity index (χ0) is 11.8. The number of hydrogen-bond acceptors (Lipinski definition) is 3. The van der Waals surface area contributed by atoms with Crippen LogP contribution in [-0.2, 0) is 11.3 Å². The van der Waals surface area contributed by atoms with Crippen molar-refractivity contribution in [3.63, 3.8) is 0 Å². The molecule has 88 valence electrons. The van der Waals surface area contributed by atoms with E-state index in [1.54, 1.807) is 13.1 Å². The molecule has 0 saturated carbocycles. The van der Waals surface area contributed by atoms with Gasteiger partial charge in [-0.15, -0.1) is 11.6 Å². The van der Waals surface area contributed by atoms with Crippen LogP contribution >= 0.6 is 11.6 Å². The van der Waals surface area contributed by atoms with E-state index in [0.29, 0.717) is 19.0 Å². The van der Waals surface area contributed by atoms with Crippen molar-refractivity contribution in [3.05, 3.63) is 30.1 Å². The summed E-state index contributed by atoms with van der Waals surface area (Å²) in [7, 11) is 0. The zero-order valence-electron chi connectivity index (χ0n) is 9.53. The molecular weight excluding hydrogens is 224 g/mol. The van der Waals surface area contributed by atoms with Crippen molar-refractivity contribution in [2.75, 3.05) is 19.0 Å². The van der Waals surface area contributed by atoms with Crippen LogP contribution in [0.2, 0.25) is 0 Å². The van der Waals surface area contributed by atoms with Gasteiger partial charge in [0, 0.05) is 25.2 Å². The highest BCUT2D eigenvalue weighted by Crippen LogP contribution is 2.02. The molecule has 1 heterocycles. The molecule has 1 aromatic heterocycles. The Morgan fingerprint density at radius 1 is 1.50 bits per heavy atom. The molecule has 0 aliphatic rings. The summed E-state index contributed by atoms with van der Waals surface area (Å²) in [5, 5.41) is 0. The van der Waals surface area contributed by atoms with E-state index < -0.39 is 0 Å². The van der Waals surface area contributed by atoms with Crippen LogP contribution in [0.4, 0.5) is 0 Å². The summed E-state index contributed by atoms with van der Waals surface area (Å²) in [6.45, 7) is 3.61. The van der Waals surface area contributed by atoms with Crippen LogP contribution in [0, 0.1) is 0 Å². The number of carbonyl (C=O) groups is 1. The lowest BCUT2D eigenvalue weighted by Crippen LogP contribution is -2.29. The minimum Gasteiger partial charge on any atom is -0.299 e. The van der Waals surface area contributed by atoms with Crippen LogP contribution in [-0.4, -0.2) is 34.6 Å². The number of nitrogens with zero attached hydrogens (tertiary/aromatic N) is 2. The lowest BCUT2D eigenvalue weighted by molar-refractivity contribution is -0.118. The molecule has 3 nitrogen and oxygen atoms in total. The molecule has 4 heteroatoms. The van der Waals surface area contributed by atoms with Gasteiger partial charge in [0.1, 0.15) is 5.78 Å². The summed E-state index contributed by atoms with van der Waals surface area (Å²) in [6.07, 6.45) is 2.66. The van der Waals surface area contributed by atoms with Gasteiger partial charge in [0.2, 0.25) is 0 Å². The minimum absolute atomic E-state index is 0.172. The van der Waals surface area contributed by atoms with Crippen LogP contribution in [0.15, 0.2) is 24.4 Å². The fourth-order valence-electron chi connectivity index (χ4n) is 1.53. The van der Waals surface area contributed by atoms with Gasteiger partial charge in [-0.2, -0.15) is 0 Å². The molecule has 16 heavy (non-hydrogen) atoms. The topological polar surface area (TPSA) is 33.2 Å². The van der Waals surface area contributed by atoms with Gasteiger partial charge in [-0.1, -0.05) is 6.07 Å². The Hall–Kier alpha value is -0.930. The third-order valence-corrected chi connectivity index (χ3v) is 2.43. The molecule has 0 aliphatic carbocycles. The van der Waals surface area contributed by atoms with Gasteiger partial charge in [-0.25, -0.2) is 0 Å². The summed E-state index contributed by atoms with van der Waals surface area (Å²) in [5.74, 6) is 0.793. The molecule has 0 bridgehead atoms. The smallest absolute Gasteiger partial charge is 0.143 e. The van der Waals surface area contributed by atoms with Gasteiger partial charge in [0.15, 0.2) is 0 Å². The van der Waals surface area contributed by atoms with Crippen molar-refractivity contribution in [3.8, 4) is 0 Å². The summed E-state index contributed by atoms with van der Waals surface area (Å²) in [5.41, 5.74) is 0.985. The molecule has 0 aromatic carbocycles. The van der Waals surface area contributed by atoms with E-state index in [1.807, 2.05) is 18.2 Å². The fraction of sp³-hybridized carbons (Fsp3) is 0.500. The van der Waals surface area contributed by atoms with E-state index in [-0.39, 0.29) is 5.78 Å². The molecule has 0 spiro atoms. The molecule has 1 aromatic rings. The Morgan fingerprint density at radius 3 is 2.88 bits per heavy atom. The highest BCUT2D eigenvalue weighted by molar-refractivity contribution is 6.17. The lowest BCUT2D eigenvalue weighted by Gasteiger charge is -2.19. The number of Topliss-reactive ketones (excluding diaryl/α,β-unsaturated/α-hetero) is 1. The van der Waals surface area contributed by atoms with E-state index in [1.165, 1.54) is 0 Å². The molecule has 0 radical (unpaired) electrons. The summed E-state index contributed by atoms with van der Waals surface area (Å²) >= 11 is 5.66. The predicted octanol–water partition coefficient (Wildman–Crippen LogP) is 2.10. The van der Waals surface area contributed by atoms with E-state index in [2.05, 4.69) is 9.88 Å². The highest BCUT2D eigenvalue weighted by atomic mass is 35.5. The molecule has 0 amide bonds. The van der Waals surface area contributed by atoms with E-state index in [4.69, 9.17) is 11.6 Å². The first-order chi connectivity index (χ1) is 7.72. The normalized spacial score (nSPS) is 10.7. The number of carbonyl (C=O) groups excluding carboxylic acids is 1. The monoisotopic (exact) mass is 240 g/mol. The summed E-state index contributed by atoms with van der Waals surface area (Å²) in [4.78, 5) is 17.4. The first-order valence-corrected chi connectivity index (χ1v) is 5.93. The molecule has 0 saturated heterocycles. The third-order valence-electron chi connectivity index (χ3n) is 2.17. The first kappa shape index (κ1) is 13.1. The molecular formula is C12H17ClN2O. The second kappa shape index (κ2) is 7.36. The molecule has 0 aliphatic heterocycles. The number of alkyl halides is 1. The quantitative estimate of drug-likeness (QED) is 0.685. The Labute approximate surface area is 101 Å². The lowest BCUT2D eigenvalue weighted by atomic mass is 10.3. The van der Waals surface area contributed by atoms with Crippen molar-refractivity contribution in [2.45, 2.75) is 19.9 Å². The average Bonchev–Trinajstić information content (AvgIpc) is 2.26. The SMILES string of the molecule is CC(=O)CN(CCCCl)Cc1ccccn1. The van der Waals surface area contributed by atoms with Gasteiger partial charge in [0.05, 0.1) is 12.2 Å². The van der Waals surface area contributed by atoms with Crippen molar-refractivity contribution in [1.82, 2.24) is 9.88 Å². The van der Waals surface area contributed by atoms with Crippen LogP contribution in [0.1, 0.15) is 19.0 Å². The number of pyridine rings is 1. The largest absolute Gasteiger partial charge is 0.299 e. The Morgan fingerprint density at radius 2 is 2.31 bits per heavy atom. The molecule has 0 unspecified atom stereocenters. The van der Waals surface area contributed by atoms with Crippen molar-refractivity contribution < 1.29 is 4.79 Å². The molecule has 0 N–H and O–H groups in total. The molecule has 0 atom stereocenters. The van der Waals surface area contributed by atoms with Crippen LogP contribution in [0.5, 0.6) is 0 Å². The van der Waals surface area contributed by atoms with Crippen molar-refractivity contribution in [2.24, 2.45) is 0 Å². The highest BCUT2D eigenvalue weighted by Gasteiger charge is 2.08. The number of rotatable bonds is 7. The standard InChI is InChI=1S/C12H17ClN2O/c1-11(16)9-15(8-4-6-13)10-12-5-2-3-7-14-12/h2-3,5,7H,4,6,8-10H2,1H3. The Kier molecular flexibility index (Phi) is 6.04. The zero-order valence-corrected chi connectivity index (χ0v) is 10.3. The molecule has 0 fully saturated rings. The van der Waals surface area contributed by atoms with E-state index >= 15 is 0 Å². The Balaban J connectivity index is 2.52. The average molecular weight is 241 g/mol. The van der Waals surface area contributed by atoms with Gasteiger partial charge in [-0.3, -0.25) is 14.7 Å². The van der Waals surface area contributed by atoms with Gasteiger partial charge in [-0.05, 0) is 25.5 Å². The van der Waals surface area contributed by atoms with E-state index in [0.717, 1.165) is 18.7 Å². The maximum atomic E-state index is 11.1. The van der Waals surface area contributed by atoms with Crippen LogP contribution < -0.4 is 0 Å². The minimum atomic E-state index is 0.172. The number of aromatic nitrogens is 1. The van der Waals surface area contributed by atoms with Gasteiger partial charge >= 0.3 is 0 Å². The Bertz CT molecular complexity index is 316. The third kappa shape index (κ3) is 5.24. The second-order valence-electron chi connectivity index (χ2n) is 3.78. The van der Waals surface area contributed by atoms with Crippen LogP contribution in [0.25, 0.3) is 0 Å². The number of ketones is 1. The second-order valence-corrected chi connectivity index (χ2v) is 4.15. The first-order valence-electron chi connectivity index (χ1n) is 5.40. The van der Waals surface area contributed by atoms with E-state index in [9.17, 15) is 4.79 Å². The maximum Gasteiger partial charge on any atom is 0.143 e. The number of halogens is 1. The van der Waals surface area contributed by atoms with Gasteiger partial charge < -0.3 is 0 Å². The molecule has 1 rings (SSSR count). The number of hydrogen-bond donors (Lipinski definition) is 0. The summed E-state index contributed by atoms with van der Waals surface area (Å²) < 4.78 is 0. The summed E-state index contributed by atoms with van der Waals surface area (Å²) in [6, 6.07) is 5.81.